The highest BCUT2D eigenvalue weighted by Gasteiger charge is 2.32. The number of carboxylic acids is 1. The topological polar surface area (TPSA) is 80.0 Å². The number of carboxylic acid groups (broad SMARTS) is 1. The second-order valence-electron chi connectivity index (χ2n) is 4.53. The molecule has 2 N–H and O–H groups in total. The number of rotatable bonds is 5. The lowest BCUT2D eigenvalue weighted by molar-refractivity contribution is -0.136. The van der Waals surface area contributed by atoms with Gasteiger partial charge in [0.2, 0.25) is 5.95 Å². The third-order valence-corrected chi connectivity index (χ3v) is 2.90. The first-order valence-corrected chi connectivity index (χ1v) is 5.66. The van der Waals surface area contributed by atoms with Gasteiger partial charge >= 0.3 is 5.97 Å². The minimum Gasteiger partial charge on any atom is -0.481 e. The van der Waals surface area contributed by atoms with E-state index in [-0.39, 0.29) is 6.42 Å². The average molecular weight is 222 g/mol. The molecule has 1 aromatic heterocycles. The summed E-state index contributed by atoms with van der Waals surface area (Å²) in [5.41, 5.74) is 0. The predicted molar refractivity (Wildman–Crippen MR) is 56.3 cm³/mol. The van der Waals surface area contributed by atoms with Crippen LogP contribution in [-0.4, -0.2) is 31.9 Å². The summed E-state index contributed by atoms with van der Waals surface area (Å²) in [7, 11) is 0. The van der Waals surface area contributed by atoms with Gasteiger partial charge in [-0.3, -0.25) is 9.36 Å². The van der Waals surface area contributed by atoms with Gasteiger partial charge in [0.1, 0.15) is 12.2 Å². The first-order chi connectivity index (χ1) is 7.74. The molecule has 2 aliphatic carbocycles. The van der Waals surface area contributed by atoms with Gasteiger partial charge in [-0.25, -0.2) is 0 Å². The van der Waals surface area contributed by atoms with Crippen molar-refractivity contribution in [2.24, 2.45) is 0 Å². The number of nitrogens with zero attached hydrogens (tertiary/aromatic N) is 3. The maximum Gasteiger partial charge on any atom is 0.311 e. The zero-order valence-electron chi connectivity index (χ0n) is 8.89. The van der Waals surface area contributed by atoms with Crippen molar-refractivity contribution in [1.29, 1.82) is 0 Å². The molecule has 1 heterocycles. The van der Waals surface area contributed by atoms with Crippen LogP contribution in [0.25, 0.3) is 0 Å². The lowest BCUT2D eigenvalue weighted by Crippen LogP contribution is -2.12. The highest BCUT2D eigenvalue weighted by atomic mass is 16.4. The maximum absolute atomic E-state index is 10.7. The normalized spacial score (nSPS) is 19.8. The Balaban J connectivity index is 1.85. The fourth-order valence-corrected chi connectivity index (χ4v) is 1.80. The van der Waals surface area contributed by atoms with E-state index in [0.717, 1.165) is 18.8 Å². The molecule has 16 heavy (non-hydrogen) atoms. The van der Waals surface area contributed by atoms with Crippen LogP contribution in [0.4, 0.5) is 5.95 Å². The molecule has 3 rings (SSSR count). The average Bonchev–Trinajstić information content (AvgIpc) is 3.08. The van der Waals surface area contributed by atoms with Gasteiger partial charge in [0.05, 0.1) is 0 Å². The molecule has 0 radical (unpaired) electrons. The lowest BCUT2D eigenvalue weighted by atomic mass is 10.4. The number of aromatic nitrogens is 3. The van der Waals surface area contributed by atoms with E-state index in [1.807, 2.05) is 4.57 Å². The second kappa shape index (κ2) is 3.47. The molecule has 2 aliphatic rings. The third kappa shape index (κ3) is 1.87. The summed E-state index contributed by atoms with van der Waals surface area (Å²) in [4.78, 5) is 10.7. The summed E-state index contributed by atoms with van der Waals surface area (Å²) in [6.07, 6.45) is 4.50. The fraction of sp³-hybridized carbons (Fsp3) is 0.700. The molecule has 0 atom stereocenters. The number of hydrogen-bond donors (Lipinski definition) is 2. The van der Waals surface area contributed by atoms with Crippen molar-refractivity contribution in [2.75, 3.05) is 5.32 Å². The van der Waals surface area contributed by atoms with E-state index in [1.165, 1.54) is 12.8 Å². The van der Waals surface area contributed by atoms with Gasteiger partial charge in [-0.1, -0.05) is 0 Å². The number of anilines is 1. The van der Waals surface area contributed by atoms with E-state index >= 15 is 0 Å². The molecule has 0 amide bonds. The molecular formula is C10H14N4O2. The van der Waals surface area contributed by atoms with Crippen molar-refractivity contribution < 1.29 is 9.90 Å². The van der Waals surface area contributed by atoms with Crippen LogP contribution in [0.1, 0.15) is 37.5 Å². The van der Waals surface area contributed by atoms with Crippen molar-refractivity contribution in [3.63, 3.8) is 0 Å². The largest absolute Gasteiger partial charge is 0.481 e. The van der Waals surface area contributed by atoms with Crippen molar-refractivity contribution in [1.82, 2.24) is 14.8 Å². The molecule has 0 aliphatic heterocycles. The van der Waals surface area contributed by atoms with Crippen LogP contribution in [0.2, 0.25) is 0 Å². The number of nitrogens with one attached hydrogen (secondary N) is 1. The molecule has 0 aromatic carbocycles. The van der Waals surface area contributed by atoms with Crippen molar-refractivity contribution in [3.8, 4) is 0 Å². The number of carbonyl (C=O) groups is 1. The van der Waals surface area contributed by atoms with Crippen LogP contribution < -0.4 is 5.32 Å². The van der Waals surface area contributed by atoms with E-state index in [0.29, 0.717) is 17.9 Å². The van der Waals surface area contributed by atoms with Crippen LogP contribution in [0.3, 0.4) is 0 Å². The van der Waals surface area contributed by atoms with Crippen molar-refractivity contribution >= 4 is 11.9 Å². The van der Waals surface area contributed by atoms with Crippen LogP contribution in [0.15, 0.2) is 0 Å². The van der Waals surface area contributed by atoms with E-state index in [1.54, 1.807) is 0 Å². The van der Waals surface area contributed by atoms with Gasteiger partial charge in [0.15, 0.2) is 0 Å². The molecule has 0 bridgehead atoms. The standard InChI is InChI=1S/C10H14N4O2/c15-9(16)5-8-12-13-10(11-6-1-2-6)14(8)7-3-4-7/h6-7H,1-5H2,(H,11,13)(H,15,16). The first kappa shape index (κ1) is 9.62. The summed E-state index contributed by atoms with van der Waals surface area (Å²) in [6.45, 7) is 0. The molecule has 1 aromatic rings. The number of aliphatic carboxylic acids is 1. The Morgan fingerprint density at radius 2 is 2.12 bits per heavy atom. The molecule has 2 fully saturated rings. The Hall–Kier alpha value is -1.59. The molecule has 6 heteroatoms. The Labute approximate surface area is 92.7 Å². The maximum atomic E-state index is 10.7. The molecule has 0 spiro atoms. The zero-order chi connectivity index (χ0) is 11.1. The third-order valence-electron chi connectivity index (χ3n) is 2.90. The van der Waals surface area contributed by atoms with Crippen LogP contribution >= 0.6 is 0 Å². The molecule has 0 saturated heterocycles. The quantitative estimate of drug-likeness (QED) is 0.770. The van der Waals surface area contributed by atoms with Gasteiger partial charge < -0.3 is 10.4 Å². The Morgan fingerprint density at radius 3 is 2.69 bits per heavy atom. The summed E-state index contributed by atoms with van der Waals surface area (Å²) >= 11 is 0. The Kier molecular flexibility index (Phi) is 2.08. The Morgan fingerprint density at radius 1 is 1.38 bits per heavy atom. The molecular weight excluding hydrogens is 208 g/mol. The van der Waals surface area contributed by atoms with Crippen molar-refractivity contribution in [2.45, 2.75) is 44.2 Å². The van der Waals surface area contributed by atoms with E-state index in [9.17, 15) is 4.79 Å². The van der Waals surface area contributed by atoms with Gasteiger partial charge in [-0.05, 0) is 25.7 Å². The summed E-state index contributed by atoms with van der Waals surface area (Å²) < 4.78 is 1.96. The highest BCUT2D eigenvalue weighted by molar-refractivity contribution is 5.69. The minimum absolute atomic E-state index is 0.0458. The smallest absolute Gasteiger partial charge is 0.311 e. The fourth-order valence-electron chi connectivity index (χ4n) is 1.80. The summed E-state index contributed by atoms with van der Waals surface area (Å²) in [5, 5.41) is 20.1. The zero-order valence-corrected chi connectivity index (χ0v) is 8.89. The SMILES string of the molecule is O=C(O)Cc1nnc(NC2CC2)n1C1CC1. The van der Waals surface area contributed by atoms with Crippen LogP contribution in [-0.2, 0) is 11.2 Å². The molecule has 6 nitrogen and oxygen atoms in total. The lowest BCUT2D eigenvalue weighted by Gasteiger charge is -2.08. The van der Waals surface area contributed by atoms with Crippen LogP contribution in [0, 0.1) is 0 Å². The van der Waals surface area contributed by atoms with Gasteiger partial charge in [-0.15, -0.1) is 10.2 Å². The van der Waals surface area contributed by atoms with Gasteiger partial charge in [-0.2, -0.15) is 0 Å². The van der Waals surface area contributed by atoms with E-state index in [2.05, 4.69) is 15.5 Å². The molecule has 86 valence electrons. The molecule has 0 unspecified atom stereocenters. The first-order valence-electron chi connectivity index (χ1n) is 5.66. The second-order valence-corrected chi connectivity index (χ2v) is 4.53. The monoisotopic (exact) mass is 222 g/mol. The predicted octanol–water partition coefficient (Wildman–Crippen LogP) is 0.814. The Bertz CT molecular complexity index is 420. The number of hydrogen-bond acceptors (Lipinski definition) is 4. The van der Waals surface area contributed by atoms with E-state index < -0.39 is 5.97 Å². The minimum atomic E-state index is -0.854. The summed E-state index contributed by atoms with van der Waals surface area (Å²) in [5.74, 6) is 0.465. The highest BCUT2D eigenvalue weighted by Crippen LogP contribution is 2.38. The van der Waals surface area contributed by atoms with Gasteiger partial charge in [0.25, 0.3) is 0 Å². The molecule has 2 saturated carbocycles. The van der Waals surface area contributed by atoms with Crippen molar-refractivity contribution in [3.05, 3.63) is 5.82 Å². The van der Waals surface area contributed by atoms with Gasteiger partial charge in [0, 0.05) is 12.1 Å². The van der Waals surface area contributed by atoms with E-state index in [4.69, 9.17) is 5.11 Å². The summed E-state index contributed by atoms with van der Waals surface area (Å²) in [6, 6.07) is 0.921. The van der Waals surface area contributed by atoms with Crippen LogP contribution in [0.5, 0.6) is 0 Å².